The average molecular weight is 263 g/mol. The maximum absolute atomic E-state index is 12.0. The monoisotopic (exact) mass is 263 g/mol. The third-order valence-corrected chi connectivity index (χ3v) is 3.80. The lowest BCUT2D eigenvalue weighted by molar-refractivity contribution is -0.122. The third kappa shape index (κ3) is 3.17. The minimum Gasteiger partial charge on any atom is -0.349 e. The molecule has 4 heteroatoms. The van der Waals surface area contributed by atoms with E-state index in [9.17, 15) is 4.79 Å². The summed E-state index contributed by atoms with van der Waals surface area (Å²) in [6.07, 6.45) is 4.50. The molecule has 0 aromatic carbocycles. The average Bonchev–Trinajstić information content (AvgIpc) is 2.57. The quantitative estimate of drug-likeness (QED) is 0.911. The number of aromatic nitrogens is 2. The number of aryl methyl sites for hydroxylation is 1. The second-order valence-corrected chi connectivity index (χ2v) is 6.93. The molecule has 0 spiro atoms. The van der Waals surface area contributed by atoms with Crippen molar-refractivity contribution in [1.29, 1.82) is 0 Å². The SMILES string of the molecule is CC(C)CC(=O)N[C@H]1CC(C)(C)Cc2c1cnn2C. The van der Waals surface area contributed by atoms with E-state index in [0.29, 0.717) is 12.3 Å². The number of nitrogens with one attached hydrogen (secondary N) is 1. The number of carbonyl (C=O) groups is 1. The van der Waals surface area contributed by atoms with Crippen molar-refractivity contribution >= 4 is 5.91 Å². The van der Waals surface area contributed by atoms with E-state index in [4.69, 9.17) is 0 Å². The van der Waals surface area contributed by atoms with Crippen LogP contribution in [-0.2, 0) is 18.3 Å². The van der Waals surface area contributed by atoms with Gasteiger partial charge < -0.3 is 5.32 Å². The Morgan fingerprint density at radius 1 is 1.58 bits per heavy atom. The first kappa shape index (κ1) is 14.1. The van der Waals surface area contributed by atoms with Gasteiger partial charge in [-0.25, -0.2) is 0 Å². The molecule has 0 fully saturated rings. The lowest BCUT2D eigenvalue weighted by atomic mass is 9.74. The number of amides is 1. The first-order valence-corrected chi connectivity index (χ1v) is 7.08. The van der Waals surface area contributed by atoms with Gasteiger partial charge >= 0.3 is 0 Å². The van der Waals surface area contributed by atoms with E-state index in [1.54, 1.807) is 0 Å². The molecule has 0 aliphatic heterocycles. The second kappa shape index (κ2) is 4.99. The fraction of sp³-hybridized carbons (Fsp3) is 0.733. The molecule has 1 N–H and O–H groups in total. The van der Waals surface area contributed by atoms with Crippen molar-refractivity contribution in [3.63, 3.8) is 0 Å². The normalized spacial score (nSPS) is 21.3. The molecular weight excluding hydrogens is 238 g/mol. The zero-order chi connectivity index (χ0) is 14.2. The Hall–Kier alpha value is -1.32. The Kier molecular flexibility index (Phi) is 3.70. The summed E-state index contributed by atoms with van der Waals surface area (Å²) in [6.45, 7) is 8.65. The summed E-state index contributed by atoms with van der Waals surface area (Å²) in [5, 5.41) is 7.53. The zero-order valence-electron chi connectivity index (χ0n) is 12.7. The predicted octanol–water partition coefficient (Wildman–Crippen LogP) is 2.60. The number of hydrogen-bond donors (Lipinski definition) is 1. The summed E-state index contributed by atoms with van der Waals surface area (Å²) < 4.78 is 1.94. The van der Waals surface area contributed by atoms with Crippen molar-refractivity contribution < 1.29 is 4.79 Å². The van der Waals surface area contributed by atoms with Crippen LogP contribution in [0.2, 0.25) is 0 Å². The van der Waals surface area contributed by atoms with E-state index >= 15 is 0 Å². The van der Waals surface area contributed by atoms with Crippen LogP contribution in [0.4, 0.5) is 0 Å². The predicted molar refractivity (Wildman–Crippen MR) is 75.6 cm³/mol. The van der Waals surface area contributed by atoms with Crippen molar-refractivity contribution in [2.45, 2.75) is 53.0 Å². The van der Waals surface area contributed by atoms with Gasteiger partial charge in [0.15, 0.2) is 0 Å². The lowest BCUT2D eigenvalue weighted by Crippen LogP contribution is -2.37. The highest BCUT2D eigenvalue weighted by atomic mass is 16.1. The summed E-state index contributed by atoms with van der Waals surface area (Å²) in [4.78, 5) is 12.0. The van der Waals surface area contributed by atoms with E-state index in [1.165, 1.54) is 11.3 Å². The molecule has 0 saturated carbocycles. The molecule has 1 aliphatic carbocycles. The van der Waals surface area contributed by atoms with Crippen LogP contribution in [0.5, 0.6) is 0 Å². The topological polar surface area (TPSA) is 46.9 Å². The standard InChI is InChI=1S/C15H25N3O/c1-10(2)6-14(19)17-12-7-15(3,4)8-13-11(12)9-16-18(13)5/h9-10,12H,6-8H2,1-5H3,(H,17,19)/t12-/m0/s1. The molecule has 0 saturated heterocycles. The first-order valence-electron chi connectivity index (χ1n) is 7.08. The molecule has 1 aliphatic rings. The van der Waals surface area contributed by atoms with Crippen molar-refractivity contribution in [3.8, 4) is 0 Å². The van der Waals surface area contributed by atoms with Gasteiger partial charge in [-0.2, -0.15) is 5.10 Å². The van der Waals surface area contributed by atoms with Gasteiger partial charge in [-0.05, 0) is 24.2 Å². The molecule has 0 bridgehead atoms. The third-order valence-electron chi connectivity index (χ3n) is 3.80. The largest absolute Gasteiger partial charge is 0.349 e. The van der Waals surface area contributed by atoms with Crippen molar-refractivity contribution in [2.24, 2.45) is 18.4 Å². The fourth-order valence-electron chi connectivity index (χ4n) is 2.93. The molecule has 106 valence electrons. The summed E-state index contributed by atoms with van der Waals surface area (Å²) in [6, 6.07) is 0.110. The molecule has 1 aromatic rings. The minimum atomic E-state index is 0.110. The van der Waals surface area contributed by atoms with E-state index in [0.717, 1.165) is 12.8 Å². The van der Waals surface area contributed by atoms with Gasteiger partial charge in [-0.1, -0.05) is 27.7 Å². The van der Waals surface area contributed by atoms with E-state index in [-0.39, 0.29) is 17.4 Å². The summed E-state index contributed by atoms with van der Waals surface area (Å²) >= 11 is 0. The number of rotatable bonds is 3. The Balaban J connectivity index is 2.19. The maximum atomic E-state index is 12.0. The van der Waals surface area contributed by atoms with Crippen LogP contribution in [0.15, 0.2) is 6.20 Å². The smallest absolute Gasteiger partial charge is 0.220 e. The van der Waals surface area contributed by atoms with Crippen molar-refractivity contribution in [3.05, 3.63) is 17.5 Å². The second-order valence-electron chi connectivity index (χ2n) is 6.93. The van der Waals surface area contributed by atoms with Gasteiger partial charge in [0.2, 0.25) is 5.91 Å². The van der Waals surface area contributed by atoms with Crippen LogP contribution in [0.25, 0.3) is 0 Å². The number of hydrogen-bond acceptors (Lipinski definition) is 2. The Bertz CT molecular complexity index is 474. The molecule has 1 aromatic heterocycles. The van der Waals surface area contributed by atoms with Crippen LogP contribution in [-0.4, -0.2) is 15.7 Å². The molecular formula is C15H25N3O. The molecule has 1 atom stereocenters. The lowest BCUT2D eigenvalue weighted by Gasteiger charge is -2.35. The van der Waals surface area contributed by atoms with Crippen LogP contribution in [0, 0.1) is 11.3 Å². The number of nitrogens with zero attached hydrogens (tertiary/aromatic N) is 2. The molecule has 1 heterocycles. The van der Waals surface area contributed by atoms with E-state index in [1.807, 2.05) is 17.9 Å². The number of carbonyl (C=O) groups excluding carboxylic acids is 1. The summed E-state index contributed by atoms with van der Waals surface area (Å²) in [5.41, 5.74) is 2.65. The van der Waals surface area contributed by atoms with Crippen LogP contribution < -0.4 is 5.32 Å². The van der Waals surface area contributed by atoms with Gasteiger partial charge in [0, 0.05) is 24.7 Å². The van der Waals surface area contributed by atoms with Crippen LogP contribution in [0.1, 0.15) is 57.8 Å². The van der Waals surface area contributed by atoms with Gasteiger partial charge in [0.05, 0.1) is 12.2 Å². The van der Waals surface area contributed by atoms with Gasteiger partial charge in [-0.15, -0.1) is 0 Å². The van der Waals surface area contributed by atoms with Crippen LogP contribution in [0.3, 0.4) is 0 Å². The molecule has 0 unspecified atom stereocenters. The van der Waals surface area contributed by atoms with Crippen LogP contribution >= 0.6 is 0 Å². The zero-order valence-corrected chi connectivity index (χ0v) is 12.7. The molecule has 1 amide bonds. The highest BCUT2D eigenvalue weighted by molar-refractivity contribution is 5.76. The highest BCUT2D eigenvalue weighted by Crippen LogP contribution is 2.40. The van der Waals surface area contributed by atoms with Gasteiger partial charge in [-0.3, -0.25) is 9.48 Å². The molecule has 0 radical (unpaired) electrons. The van der Waals surface area contributed by atoms with Crippen molar-refractivity contribution in [2.75, 3.05) is 0 Å². The van der Waals surface area contributed by atoms with E-state index < -0.39 is 0 Å². The molecule has 19 heavy (non-hydrogen) atoms. The molecule has 4 nitrogen and oxygen atoms in total. The van der Waals surface area contributed by atoms with Gasteiger partial charge in [0.25, 0.3) is 0 Å². The number of fused-ring (bicyclic) bond motifs is 1. The fourth-order valence-corrected chi connectivity index (χ4v) is 2.93. The van der Waals surface area contributed by atoms with Gasteiger partial charge in [0.1, 0.15) is 0 Å². The molecule has 2 rings (SSSR count). The van der Waals surface area contributed by atoms with E-state index in [2.05, 4.69) is 38.1 Å². The maximum Gasteiger partial charge on any atom is 0.220 e. The highest BCUT2D eigenvalue weighted by Gasteiger charge is 2.35. The summed E-state index contributed by atoms with van der Waals surface area (Å²) in [5.74, 6) is 0.539. The Morgan fingerprint density at radius 3 is 2.89 bits per heavy atom. The summed E-state index contributed by atoms with van der Waals surface area (Å²) in [7, 11) is 1.98. The van der Waals surface area contributed by atoms with Crippen molar-refractivity contribution in [1.82, 2.24) is 15.1 Å². The first-order chi connectivity index (χ1) is 8.78. The minimum absolute atomic E-state index is 0.110. The Labute approximate surface area is 115 Å². The Morgan fingerprint density at radius 2 is 2.26 bits per heavy atom.